The van der Waals surface area contributed by atoms with Gasteiger partial charge >= 0.3 is 0 Å². The Morgan fingerprint density at radius 1 is 1.43 bits per heavy atom. The first kappa shape index (κ1) is 10.2. The number of ketones is 1. The van der Waals surface area contributed by atoms with Crippen LogP contribution in [0.2, 0.25) is 0 Å². The first-order valence-electron chi connectivity index (χ1n) is 4.13. The Labute approximate surface area is 81.2 Å². The molecule has 0 aromatic carbocycles. The third-order valence-corrected chi connectivity index (χ3v) is 2.12. The number of nitriles is 1. The highest BCUT2D eigenvalue weighted by atomic mass is 16.1. The average Bonchev–Trinajstić information content (AvgIpc) is 2.02. The molecule has 4 nitrogen and oxygen atoms in total. The predicted octanol–water partition coefficient (Wildman–Crippen LogP) is 1.07. The molecule has 0 saturated carbocycles. The van der Waals surface area contributed by atoms with E-state index in [1.54, 1.807) is 19.9 Å². The number of pyridine rings is 1. The second-order valence-corrected chi connectivity index (χ2v) is 3.12. The lowest BCUT2D eigenvalue weighted by Crippen LogP contribution is -2.18. The summed E-state index contributed by atoms with van der Waals surface area (Å²) >= 11 is 0. The van der Waals surface area contributed by atoms with Crippen LogP contribution < -0.4 is 5.56 Å². The van der Waals surface area contributed by atoms with Crippen molar-refractivity contribution < 1.29 is 4.79 Å². The molecule has 1 aromatic rings. The van der Waals surface area contributed by atoms with Crippen molar-refractivity contribution in [1.82, 2.24) is 4.98 Å². The molecule has 0 radical (unpaired) electrons. The third-order valence-electron chi connectivity index (χ3n) is 2.12. The van der Waals surface area contributed by atoms with E-state index in [0.29, 0.717) is 16.8 Å². The van der Waals surface area contributed by atoms with Gasteiger partial charge in [-0.3, -0.25) is 9.59 Å². The molecule has 0 unspecified atom stereocenters. The second kappa shape index (κ2) is 3.46. The smallest absolute Gasteiger partial charge is 0.266 e. The number of aromatic nitrogens is 1. The number of rotatable bonds is 1. The number of Topliss-reactive ketones (excluding diaryl/α,β-unsaturated/α-hetero) is 1. The summed E-state index contributed by atoms with van der Waals surface area (Å²) in [5.74, 6) is -0.146. The highest BCUT2D eigenvalue weighted by Gasteiger charge is 2.14. The molecule has 0 saturated heterocycles. The third kappa shape index (κ3) is 1.44. The molecule has 4 heteroatoms. The first-order valence-corrected chi connectivity index (χ1v) is 4.13. The highest BCUT2D eigenvalue weighted by Crippen LogP contribution is 2.12. The summed E-state index contributed by atoms with van der Waals surface area (Å²) in [6.07, 6.45) is 0. The fourth-order valence-corrected chi connectivity index (χ4v) is 1.53. The number of aryl methyl sites for hydroxylation is 1. The van der Waals surface area contributed by atoms with Crippen LogP contribution >= 0.6 is 0 Å². The maximum atomic E-state index is 11.3. The lowest BCUT2D eigenvalue weighted by atomic mass is 10.0. The molecule has 72 valence electrons. The Kier molecular flexibility index (Phi) is 2.52. The van der Waals surface area contributed by atoms with Gasteiger partial charge < -0.3 is 4.98 Å². The molecule has 0 spiro atoms. The van der Waals surface area contributed by atoms with Crippen LogP contribution in [0.5, 0.6) is 0 Å². The molecule has 1 N–H and O–H groups in total. The van der Waals surface area contributed by atoms with Gasteiger partial charge in [0.15, 0.2) is 5.78 Å². The van der Waals surface area contributed by atoms with Gasteiger partial charge in [0.05, 0.1) is 0 Å². The SMILES string of the molecule is CC(=O)c1c(C)[nH]c(=O)c(C#N)c1C. The van der Waals surface area contributed by atoms with E-state index in [2.05, 4.69) is 4.98 Å². The van der Waals surface area contributed by atoms with E-state index in [4.69, 9.17) is 5.26 Å². The van der Waals surface area contributed by atoms with Crippen LogP contribution in [0.25, 0.3) is 0 Å². The molecular formula is C10H10N2O2. The minimum atomic E-state index is -0.437. The molecule has 14 heavy (non-hydrogen) atoms. The Morgan fingerprint density at radius 2 is 2.00 bits per heavy atom. The van der Waals surface area contributed by atoms with E-state index >= 15 is 0 Å². The number of H-pyrrole nitrogens is 1. The van der Waals surface area contributed by atoms with E-state index in [1.165, 1.54) is 6.92 Å². The van der Waals surface area contributed by atoms with Crippen LogP contribution in [0.1, 0.15) is 34.1 Å². The van der Waals surface area contributed by atoms with E-state index in [0.717, 1.165) is 0 Å². The molecule has 1 rings (SSSR count). The zero-order valence-corrected chi connectivity index (χ0v) is 8.26. The number of aromatic amines is 1. The van der Waals surface area contributed by atoms with Crippen LogP contribution in [0.3, 0.4) is 0 Å². The molecule has 1 aromatic heterocycles. The van der Waals surface area contributed by atoms with Gasteiger partial charge in [0.25, 0.3) is 5.56 Å². The summed E-state index contributed by atoms with van der Waals surface area (Å²) < 4.78 is 0. The Morgan fingerprint density at radius 3 is 2.43 bits per heavy atom. The van der Waals surface area contributed by atoms with Gasteiger partial charge in [-0.15, -0.1) is 0 Å². The lowest BCUT2D eigenvalue weighted by molar-refractivity contribution is 0.101. The van der Waals surface area contributed by atoms with Crippen LogP contribution in [-0.2, 0) is 0 Å². The topological polar surface area (TPSA) is 73.7 Å². The van der Waals surface area contributed by atoms with Crippen molar-refractivity contribution in [3.8, 4) is 6.07 Å². The molecule has 0 atom stereocenters. The van der Waals surface area contributed by atoms with E-state index in [1.807, 2.05) is 0 Å². The highest BCUT2D eigenvalue weighted by molar-refractivity contribution is 5.96. The minimum absolute atomic E-state index is 0.0146. The molecule has 1 heterocycles. The Balaban J connectivity index is 3.72. The molecule has 0 aliphatic heterocycles. The van der Waals surface area contributed by atoms with Gasteiger partial charge in [-0.25, -0.2) is 0 Å². The van der Waals surface area contributed by atoms with Crippen molar-refractivity contribution in [1.29, 1.82) is 5.26 Å². The maximum absolute atomic E-state index is 11.3. The van der Waals surface area contributed by atoms with Gasteiger partial charge in [0.2, 0.25) is 0 Å². The predicted molar refractivity (Wildman–Crippen MR) is 51.3 cm³/mol. The number of hydrogen-bond donors (Lipinski definition) is 1. The van der Waals surface area contributed by atoms with Crippen molar-refractivity contribution in [3.05, 3.63) is 32.7 Å². The Bertz CT molecular complexity index is 492. The fraction of sp³-hybridized carbons (Fsp3) is 0.300. The molecule has 0 bridgehead atoms. The summed E-state index contributed by atoms with van der Waals surface area (Å²) in [5.41, 5.74) is 0.981. The quantitative estimate of drug-likeness (QED) is 0.673. The molecule has 0 fully saturated rings. The van der Waals surface area contributed by atoms with Crippen molar-refractivity contribution in [3.63, 3.8) is 0 Å². The van der Waals surface area contributed by atoms with Crippen LogP contribution in [0, 0.1) is 25.2 Å². The summed E-state index contributed by atoms with van der Waals surface area (Å²) in [6.45, 7) is 4.67. The molecular weight excluding hydrogens is 180 g/mol. The summed E-state index contributed by atoms with van der Waals surface area (Å²) in [4.78, 5) is 25.0. The van der Waals surface area contributed by atoms with Crippen molar-refractivity contribution in [2.45, 2.75) is 20.8 Å². The van der Waals surface area contributed by atoms with Gasteiger partial charge in [0.1, 0.15) is 11.6 Å². The monoisotopic (exact) mass is 190 g/mol. The fourth-order valence-electron chi connectivity index (χ4n) is 1.53. The van der Waals surface area contributed by atoms with Crippen LogP contribution in [-0.4, -0.2) is 10.8 Å². The maximum Gasteiger partial charge on any atom is 0.266 e. The average molecular weight is 190 g/mol. The molecule has 0 amide bonds. The number of nitrogens with one attached hydrogen (secondary N) is 1. The van der Waals surface area contributed by atoms with Gasteiger partial charge in [0, 0.05) is 11.3 Å². The van der Waals surface area contributed by atoms with Crippen molar-refractivity contribution in [2.75, 3.05) is 0 Å². The number of nitrogens with zero attached hydrogens (tertiary/aromatic N) is 1. The molecule has 0 aliphatic carbocycles. The second-order valence-electron chi connectivity index (χ2n) is 3.12. The van der Waals surface area contributed by atoms with Gasteiger partial charge in [-0.05, 0) is 26.3 Å². The summed E-state index contributed by atoms with van der Waals surface area (Å²) in [5, 5.41) is 8.72. The number of carbonyl (C=O) groups excluding carboxylic acids is 1. The normalized spacial score (nSPS) is 9.57. The zero-order chi connectivity index (χ0) is 10.9. The molecule has 0 aliphatic rings. The van der Waals surface area contributed by atoms with Crippen molar-refractivity contribution >= 4 is 5.78 Å². The van der Waals surface area contributed by atoms with Crippen LogP contribution in [0.15, 0.2) is 4.79 Å². The van der Waals surface area contributed by atoms with Crippen molar-refractivity contribution in [2.24, 2.45) is 0 Å². The largest absolute Gasteiger partial charge is 0.325 e. The summed E-state index contributed by atoms with van der Waals surface area (Å²) in [7, 11) is 0. The van der Waals surface area contributed by atoms with Gasteiger partial charge in [-0.2, -0.15) is 5.26 Å². The van der Waals surface area contributed by atoms with Gasteiger partial charge in [-0.1, -0.05) is 0 Å². The van der Waals surface area contributed by atoms with E-state index in [9.17, 15) is 9.59 Å². The first-order chi connectivity index (χ1) is 6.49. The van der Waals surface area contributed by atoms with E-state index in [-0.39, 0.29) is 11.3 Å². The number of hydrogen-bond acceptors (Lipinski definition) is 3. The number of carbonyl (C=O) groups is 1. The Hall–Kier alpha value is -1.89. The standard InChI is InChI=1S/C10H10N2O2/c1-5-8(4-11)10(14)12-6(2)9(5)7(3)13/h1-3H3,(H,12,14). The van der Waals surface area contributed by atoms with E-state index < -0.39 is 5.56 Å². The van der Waals surface area contributed by atoms with Crippen LogP contribution in [0.4, 0.5) is 0 Å². The lowest BCUT2D eigenvalue weighted by Gasteiger charge is -2.06. The minimum Gasteiger partial charge on any atom is -0.325 e. The zero-order valence-electron chi connectivity index (χ0n) is 8.26. The summed E-state index contributed by atoms with van der Waals surface area (Å²) in [6, 6.07) is 1.79.